The summed E-state index contributed by atoms with van der Waals surface area (Å²) in [7, 11) is 3.76. The zero-order valence-corrected chi connectivity index (χ0v) is 30.3. The minimum atomic E-state index is -1.30. The van der Waals surface area contributed by atoms with Gasteiger partial charge in [-0.15, -0.1) is 0 Å². The molecule has 6 rings (SSSR count). The molecule has 3 heterocycles. The van der Waals surface area contributed by atoms with Crippen molar-refractivity contribution in [3.8, 4) is 5.75 Å². The van der Waals surface area contributed by atoms with Crippen LogP contribution in [0.25, 0.3) is 22.1 Å². The summed E-state index contributed by atoms with van der Waals surface area (Å²) in [5, 5.41) is 1.01. The Hall–Kier alpha value is -4.07. The van der Waals surface area contributed by atoms with E-state index in [-0.39, 0.29) is 0 Å². The third-order valence-corrected chi connectivity index (χ3v) is 10.1. The van der Waals surface area contributed by atoms with Crippen LogP contribution in [0, 0.1) is 12.8 Å². The maximum atomic E-state index is 12.8. The molecule has 2 unspecified atom stereocenters. The van der Waals surface area contributed by atoms with Gasteiger partial charge in [0.1, 0.15) is 11.5 Å². The summed E-state index contributed by atoms with van der Waals surface area (Å²) in [5.74, 6) is 2.09. The fourth-order valence-corrected chi connectivity index (χ4v) is 7.56. The number of aromatic nitrogens is 5. The number of anilines is 1. The molecule has 0 radical (unpaired) electrons. The predicted molar refractivity (Wildman–Crippen MR) is 198 cm³/mol. The lowest BCUT2D eigenvalue weighted by atomic mass is 10.1. The van der Waals surface area contributed by atoms with Crippen LogP contribution < -0.4 is 9.64 Å². The summed E-state index contributed by atoms with van der Waals surface area (Å²) in [4.78, 5) is 21.7. The summed E-state index contributed by atoms with van der Waals surface area (Å²) < 4.78 is 36.2. The lowest BCUT2D eigenvalue weighted by Gasteiger charge is -2.24. The molecular formula is C37H44N6O4S2. The van der Waals surface area contributed by atoms with Crippen LogP contribution >= 0.6 is 0 Å². The maximum absolute atomic E-state index is 12.8. The van der Waals surface area contributed by atoms with Gasteiger partial charge in [-0.1, -0.05) is 56.3 Å². The summed E-state index contributed by atoms with van der Waals surface area (Å²) in [5.41, 5.74) is 7.34. The van der Waals surface area contributed by atoms with Crippen molar-refractivity contribution in [1.29, 1.82) is 0 Å². The normalized spacial score (nSPS) is 12.6. The zero-order valence-electron chi connectivity index (χ0n) is 28.6. The van der Waals surface area contributed by atoms with Crippen LogP contribution in [-0.2, 0) is 38.6 Å². The number of benzene rings is 3. The van der Waals surface area contributed by atoms with Crippen LogP contribution in [0.5, 0.6) is 5.75 Å². The molecule has 0 saturated carbocycles. The minimum Gasteiger partial charge on any atom is -0.609 e. The van der Waals surface area contributed by atoms with Gasteiger partial charge in [0.25, 0.3) is 0 Å². The van der Waals surface area contributed by atoms with E-state index in [9.17, 15) is 9.11 Å². The number of hydrogen-bond donors (Lipinski definition) is 2. The number of rotatable bonds is 14. The first-order chi connectivity index (χ1) is 23.7. The van der Waals surface area contributed by atoms with Gasteiger partial charge in [0.15, 0.2) is 5.75 Å². The number of nitrogens with one attached hydrogen (secondary N) is 2. The van der Waals surface area contributed by atoms with E-state index in [1.807, 2.05) is 79.7 Å². The number of nitrogens with zero attached hydrogens (tertiary/aromatic N) is 4. The summed E-state index contributed by atoms with van der Waals surface area (Å²) in [6.45, 7) is 8.54. The molecular weight excluding hydrogens is 657 g/mol. The third kappa shape index (κ3) is 9.77. The van der Waals surface area contributed by atoms with Crippen LogP contribution in [0.2, 0.25) is 0 Å². The van der Waals surface area contributed by atoms with Gasteiger partial charge in [0.2, 0.25) is 0 Å². The molecule has 12 heteroatoms. The van der Waals surface area contributed by atoms with Gasteiger partial charge in [0.05, 0.1) is 34.4 Å². The van der Waals surface area contributed by atoms with E-state index >= 15 is 0 Å². The first kappa shape index (κ1) is 36.2. The van der Waals surface area contributed by atoms with Crippen LogP contribution in [0.1, 0.15) is 37.1 Å². The quantitative estimate of drug-likeness (QED) is 0.0920. The van der Waals surface area contributed by atoms with Crippen LogP contribution in [0.4, 0.5) is 5.69 Å². The van der Waals surface area contributed by atoms with Gasteiger partial charge in [-0.3, -0.25) is 15.0 Å². The summed E-state index contributed by atoms with van der Waals surface area (Å²) in [6, 6.07) is 25.4. The van der Waals surface area contributed by atoms with E-state index in [1.165, 1.54) is 0 Å². The Morgan fingerprint density at radius 3 is 2.00 bits per heavy atom. The van der Waals surface area contributed by atoms with Gasteiger partial charge < -0.3 is 23.5 Å². The van der Waals surface area contributed by atoms with E-state index in [0.717, 1.165) is 63.3 Å². The highest BCUT2D eigenvalue weighted by Crippen LogP contribution is 2.26. The molecule has 3 aromatic carbocycles. The van der Waals surface area contributed by atoms with E-state index in [1.54, 1.807) is 13.3 Å². The second-order valence-electron chi connectivity index (χ2n) is 12.1. The molecule has 3 aromatic heterocycles. The molecule has 10 nitrogen and oxygen atoms in total. The number of fused-ring (bicyclic) bond motifs is 2. The molecule has 6 aromatic rings. The van der Waals surface area contributed by atoms with Crippen LogP contribution in [-0.4, -0.2) is 67.9 Å². The standard InChI is InChI=1S/C19H23N3OS.C18H21N3O3S/c1-14(2)12-22(3)18-11-7-4-8-15(18)13-24(23)19-20-16-9-5-6-10-17(16)21-19;1-13-16(19-9-8-17(13)24-11-5-10-23-2)12-25(22)18-20-14-6-3-4-7-15(14)21-18/h4-11,14H,12-13H2,1-3H3,(H,20,21);3-4,6-9H,5,10-12H2,1-2H3,(H,20,21). The first-order valence-electron chi connectivity index (χ1n) is 16.2. The Kier molecular flexibility index (Phi) is 13.0. The van der Waals surface area contributed by atoms with Gasteiger partial charge in [-0.25, -0.2) is 0 Å². The average Bonchev–Trinajstić information content (AvgIpc) is 3.74. The van der Waals surface area contributed by atoms with Crippen molar-refractivity contribution in [3.05, 3.63) is 102 Å². The van der Waals surface area contributed by atoms with Gasteiger partial charge >= 0.3 is 10.3 Å². The summed E-state index contributed by atoms with van der Waals surface area (Å²) in [6.07, 6.45) is 2.50. The molecule has 0 spiro atoms. The Morgan fingerprint density at radius 1 is 0.796 bits per heavy atom. The number of para-hydroxylation sites is 5. The number of hydrogen-bond acceptors (Lipinski definition) is 8. The van der Waals surface area contributed by atoms with Crippen molar-refractivity contribution in [2.24, 2.45) is 5.92 Å². The van der Waals surface area contributed by atoms with Crippen molar-refractivity contribution in [3.63, 3.8) is 0 Å². The van der Waals surface area contributed by atoms with E-state index in [0.29, 0.717) is 41.0 Å². The Bertz CT molecular complexity index is 1860. The molecule has 0 bridgehead atoms. The predicted octanol–water partition coefficient (Wildman–Crippen LogP) is 6.95. The molecule has 49 heavy (non-hydrogen) atoms. The lowest BCUT2D eigenvalue weighted by molar-refractivity contribution is 0.172. The average molecular weight is 701 g/mol. The Balaban J connectivity index is 0.000000191. The topological polar surface area (TPSA) is 138 Å². The smallest absolute Gasteiger partial charge is 0.322 e. The number of pyridine rings is 1. The van der Waals surface area contributed by atoms with Crippen molar-refractivity contribution in [2.45, 2.75) is 49.0 Å². The molecule has 0 aliphatic rings. The number of ether oxygens (including phenoxy) is 2. The van der Waals surface area contributed by atoms with E-state index in [4.69, 9.17) is 9.47 Å². The van der Waals surface area contributed by atoms with Crippen LogP contribution in [0.3, 0.4) is 0 Å². The molecule has 0 saturated heterocycles. The zero-order chi connectivity index (χ0) is 34.8. The van der Waals surface area contributed by atoms with Gasteiger partial charge in [0, 0.05) is 79.1 Å². The molecule has 0 amide bonds. The van der Waals surface area contributed by atoms with Gasteiger partial charge in [-0.2, -0.15) is 9.97 Å². The largest absolute Gasteiger partial charge is 0.609 e. The molecule has 2 N–H and O–H groups in total. The molecule has 0 aliphatic carbocycles. The highest BCUT2D eigenvalue weighted by atomic mass is 32.2. The summed E-state index contributed by atoms with van der Waals surface area (Å²) >= 11 is -2.50. The fourth-order valence-electron chi connectivity index (χ4n) is 5.37. The lowest BCUT2D eigenvalue weighted by Crippen LogP contribution is -2.24. The van der Waals surface area contributed by atoms with Crippen molar-refractivity contribution >= 4 is 50.1 Å². The molecule has 2 atom stereocenters. The Labute approximate surface area is 294 Å². The number of aromatic amines is 2. The monoisotopic (exact) mass is 700 g/mol. The minimum absolute atomic E-state index is 0.293. The second-order valence-corrected chi connectivity index (χ2v) is 14.8. The fraction of sp³-hybridized carbons (Fsp3) is 0.324. The van der Waals surface area contributed by atoms with Crippen molar-refractivity contribution < 1.29 is 18.6 Å². The number of methoxy groups -OCH3 is 1. The van der Waals surface area contributed by atoms with Crippen molar-refractivity contribution in [2.75, 3.05) is 38.8 Å². The third-order valence-electron chi connectivity index (χ3n) is 7.77. The first-order valence-corrected chi connectivity index (χ1v) is 18.9. The SMILES string of the molecule is CC(C)CN(C)c1ccccc1C[S+]([O-])c1nc2ccccc2[nH]1.COCCCOc1ccnc(C[S+]([O-])c2nc3ccccc3[nH]2)c1C. The highest BCUT2D eigenvalue weighted by Gasteiger charge is 2.21. The van der Waals surface area contributed by atoms with Crippen LogP contribution in [0.15, 0.2) is 95.4 Å². The highest BCUT2D eigenvalue weighted by molar-refractivity contribution is 7.90. The molecule has 0 aliphatic heterocycles. The number of H-pyrrole nitrogens is 2. The van der Waals surface area contributed by atoms with E-state index in [2.05, 4.69) is 56.8 Å². The van der Waals surface area contributed by atoms with Gasteiger partial charge in [-0.05, 0) is 49.2 Å². The second kappa shape index (κ2) is 17.5. The number of imidazole rings is 2. The molecule has 258 valence electrons. The Morgan fingerprint density at radius 2 is 1.39 bits per heavy atom. The van der Waals surface area contributed by atoms with E-state index < -0.39 is 22.4 Å². The molecule has 0 fully saturated rings. The maximum Gasteiger partial charge on any atom is 0.322 e. The van der Waals surface area contributed by atoms with Crippen molar-refractivity contribution in [1.82, 2.24) is 24.9 Å².